The zero-order chi connectivity index (χ0) is 13.2. The zero-order valence-electron chi connectivity index (χ0n) is 10.7. The van der Waals surface area contributed by atoms with Crippen LogP contribution < -0.4 is 10.1 Å². The molecule has 0 aromatic heterocycles. The van der Waals surface area contributed by atoms with E-state index in [-0.39, 0.29) is 0 Å². The number of methoxy groups -OCH3 is 1. The number of rotatable bonds is 9. The second-order valence-electron chi connectivity index (χ2n) is 3.82. The van der Waals surface area contributed by atoms with Crippen LogP contribution in [-0.4, -0.2) is 26.9 Å². The minimum atomic E-state index is 0.596. The number of hydrogen-bond acceptors (Lipinski definition) is 3. The molecule has 0 aliphatic heterocycles. The highest BCUT2D eigenvalue weighted by Crippen LogP contribution is 2.28. The van der Waals surface area contributed by atoms with Gasteiger partial charge in [0.1, 0.15) is 5.75 Å². The van der Waals surface area contributed by atoms with Crippen molar-refractivity contribution in [3.63, 3.8) is 0 Å². The predicted molar refractivity (Wildman–Crippen MR) is 75.3 cm³/mol. The van der Waals surface area contributed by atoms with Gasteiger partial charge in [0.15, 0.2) is 0 Å². The van der Waals surface area contributed by atoms with Crippen molar-refractivity contribution >= 4 is 11.6 Å². The summed E-state index contributed by atoms with van der Waals surface area (Å²) >= 11 is 6.15. The molecule has 1 rings (SSSR count). The average molecular weight is 270 g/mol. The summed E-state index contributed by atoms with van der Waals surface area (Å²) in [6.07, 6.45) is 2.63. The number of halogens is 1. The molecule has 100 valence electrons. The Hall–Kier alpha value is -1.03. The molecule has 0 heterocycles. The maximum absolute atomic E-state index is 6.15. The summed E-state index contributed by atoms with van der Waals surface area (Å²) in [6.45, 7) is 6.47. The van der Waals surface area contributed by atoms with Crippen molar-refractivity contribution in [1.82, 2.24) is 5.32 Å². The van der Waals surface area contributed by atoms with Gasteiger partial charge in [0.25, 0.3) is 0 Å². The highest BCUT2D eigenvalue weighted by molar-refractivity contribution is 6.32. The third kappa shape index (κ3) is 5.08. The predicted octanol–water partition coefficient (Wildman–Crippen LogP) is 3.03. The van der Waals surface area contributed by atoms with E-state index in [1.54, 1.807) is 7.11 Å². The topological polar surface area (TPSA) is 30.5 Å². The van der Waals surface area contributed by atoms with Gasteiger partial charge in [-0.2, -0.15) is 0 Å². The fourth-order valence-electron chi connectivity index (χ4n) is 1.50. The average Bonchev–Trinajstić information content (AvgIpc) is 2.37. The summed E-state index contributed by atoms with van der Waals surface area (Å²) in [7, 11) is 1.69. The molecule has 3 nitrogen and oxygen atoms in total. The van der Waals surface area contributed by atoms with E-state index in [1.165, 1.54) is 0 Å². The summed E-state index contributed by atoms with van der Waals surface area (Å²) < 4.78 is 10.7. The van der Waals surface area contributed by atoms with Crippen molar-refractivity contribution in [2.24, 2.45) is 0 Å². The van der Waals surface area contributed by atoms with E-state index in [1.807, 2.05) is 24.3 Å². The van der Waals surface area contributed by atoms with E-state index in [2.05, 4.69) is 11.9 Å². The van der Waals surface area contributed by atoms with Crippen molar-refractivity contribution in [3.05, 3.63) is 41.4 Å². The van der Waals surface area contributed by atoms with Crippen LogP contribution >= 0.6 is 11.6 Å². The Labute approximate surface area is 114 Å². The standard InChI is InChI=1S/C14H20ClNO2/c1-3-4-9-18-14-12(6-5-7-13(14)15)11-16-8-10-17-2/h3,5-7,16H,1,4,8-11H2,2H3. The normalized spacial score (nSPS) is 10.3. The van der Waals surface area contributed by atoms with Crippen LogP contribution in [-0.2, 0) is 11.3 Å². The zero-order valence-corrected chi connectivity index (χ0v) is 11.5. The van der Waals surface area contributed by atoms with Crippen LogP contribution in [0.3, 0.4) is 0 Å². The van der Waals surface area contributed by atoms with Crippen molar-refractivity contribution in [3.8, 4) is 5.75 Å². The SMILES string of the molecule is C=CCCOc1c(Cl)cccc1CNCCOC. The molecule has 0 unspecified atom stereocenters. The molecule has 18 heavy (non-hydrogen) atoms. The lowest BCUT2D eigenvalue weighted by atomic mass is 10.2. The number of nitrogens with one attached hydrogen (secondary N) is 1. The van der Waals surface area contributed by atoms with Gasteiger partial charge < -0.3 is 14.8 Å². The summed E-state index contributed by atoms with van der Waals surface area (Å²) in [5, 5.41) is 3.92. The van der Waals surface area contributed by atoms with E-state index in [0.717, 1.165) is 24.3 Å². The molecule has 0 amide bonds. The molecular formula is C14H20ClNO2. The van der Waals surface area contributed by atoms with Gasteiger partial charge in [-0.3, -0.25) is 0 Å². The van der Waals surface area contributed by atoms with E-state index in [0.29, 0.717) is 24.8 Å². The first-order valence-corrected chi connectivity index (χ1v) is 6.38. The molecule has 0 atom stereocenters. The third-order valence-electron chi connectivity index (χ3n) is 2.42. The molecule has 0 aliphatic rings. The number of hydrogen-bond donors (Lipinski definition) is 1. The fraction of sp³-hybridized carbons (Fsp3) is 0.429. The van der Waals surface area contributed by atoms with Crippen LogP contribution in [0.2, 0.25) is 5.02 Å². The lowest BCUT2D eigenvalue weighted by Gasteiger charge is -2.13. The number of ether oxygens (including phenoxy) is 2. The lowest BCUT2D eigenvalue weighted by Crippen LogP contribution is -2.19. The summed E-state index contributed by atoms with van der Waals surface area (Å²) in [6, 6.07) is 5.77. The van der Waals surface area contributed by atoms with Gasteiger partial charge in [-0.05, 0) is 12.5 Å². The summed E-state index contributed by atoms with van der Waals surface area (Å²) in [5.74, 6) is 0.755. The third-order valence-corrected chi connectivity index (χ3v) is 2.71. The van der Waals surface area contributed by atoms with Crippen LogP contribution in [0, 0.1) is 0 Å². The number of benzene rings is 1. The minimum absolute atomic E-state index is 0.596. The van der Waals surface area contributed by atoms with E-state index < -0.39 is 0 Å². The Bertz CT molecular complexity index is 369. The maximum atomic E-state index is 6.15. The second kappa shape index (κ2) is 8.97. The Balaban J connectivity index is 2.58. The van der Waals surface area contributed by atoms with Crippen molar-refractivity contribution < 1.29 is 9.47 Å². The largest absolute Gasteiger partial charge is 0.491 e. The molecule has 0 saturated heterocycles. The molecule has 0 radical (unpaired) electrons. The fourth-order valence-corrected chi connectivity index (χ4v) is 1.74. The van der Waals surface area contributed by atoms with Gasteiger partial charge in [-0.15, -0.1) is 6.58 Å². The number of para-hydroxylation sites is 1. The van der Waals surface area contributed by atoms with Gasteiger partial charge in [-0.1, -0.05) is 29.8 Å². The van der Waals surface area contributed by atoms with Gasteiger partial charge in [0.2, 0.25) is 0 Å². The first-order valence-electron chi connectivity index (χ1n) is 6.00. The first-order chi connectivity index (χ1) is 8.79. The highest BCUT2D eigenvalue weighted by Gasteiger charge is 2.07. The van der Waals surface area contributed by atoms with E-state index >= 15 is 0 Å². The van der Waals surface area contributed by atoms with Gasteiger partial charge in [0, 0.05) is 25.8 Å². The maximum Gasteiger partial charge on any atom is 0.142 e. The van der Waals surface area contributed by atoms with Crippen LogP contribution in [0.25, 0.3) is 0 Å². The highest BCUT2D eigenvalue weighted by atomic mass is 35.5. The van der Waals surface area contributed by atoms with E-state index in [9.17, 15) is 0 Å². The first kappa shape index (κ1) is 15.0. The van der Waals surface area contributed by atoms with Gasteiger partial charge in [0.05, 0.1) is 18.2 Å². The molecule has 0 fully saturated rings. The molecule has 1 aromatic rings. The Morgan fingerprint density at radius 1 is 1.39 bits per heavy atom. The minimum Gasteiger partial charge on any atom is -0.491 e. The molecule has 1 N–H and O–H groups in total. The molecule has 4 heteroatoms. The molecule has 0 spiro atoms. The monoisotopic (exact) mass is 269 g/mol. The Morgan fingerprint density at radius 3 is 2.94 bits per heavy atom. The smallest absolute Gasteiger partial charge is 0.142 e. The molecule has 1 aromatic carbocycles. The van der Waals surface area contributed by atoms with Crippen LogP contribution in [0.4, 0.5) is 0 Å². The van der Waals surface area contributed by atoms with E-state index in [4.69, 9.17) is 21.1 Å². The van der Waals surface area contributed by atoms with Crippen molar-refractivity contribution in [2.45, 2.75) is 13.0 Å². The molecule has 0 saturated carbocycles. The molecular weight excluding hydrogens is 250 g/mol. The lowest BCUT2D eigenvalue weighted by molar-refractivity contribution is 0.199. The van der Waals surface area contributed by atoms with Crippen molar-refractivity contribution in [1.29, 1.82) is 0 Å². The second-order valence-corrected chi connectivity index (χ2v) is 4.23. The van der Waals surface area contributed by atoms with Crippen LogP contribution in [0.1, 0.15) is 12.0 Å². The van der Waals surface area contributed by atoms with Gasteiger partial charge in [-0.25, -0.2) is 0 Å². The Kier molecular flexibility index (Phi) is 7.49. The molecule has 0 aliphatic carbocycles. The Morgan fingerprint density at radius 2 is 2.22 bits per heavy atom. The van der Waals surface area contributed by atoms with Crippen LogP contribution in [0.15, 0.2) is 30.9 Å². The molecule has 0 bridgehead atoms. The summed E-state index contributed by atoms with van der Waals surface area (Å²) in [4.78, 5) is 0. The summed E-state index contributed by atoms with van der Waals surface area (Å²) in [5.41, 5.74) is 1.06. The van der Waals surface area contributed by atoms with Crippen LogP contribution in [0.5, 0.6) is 5.75 Å². The quantitative estimate of drug-likeness (QED) is 0.552. The van der Waals surface area contributed by atoms with Crippen molar-refractivity contribution in [2.75, 3.05) is 26.9 Å². The van der Waals surface area contributed by atoms with Gasteiger partial charge >= 0.3 is 0 Å².